The van der Waals surface area contributed by atoms with Crippen LogP contribution in [0.25, 0.3) is 11.4 Å². The molecule has 4 heteroatoms. The van der Waals surface area contributed by atoms with Gasteiger partial charge in [0.1, 0.15) is 5.82 Å². The van der Waals surface area contributed by atoms with Crippen LogP contribution in [0.1, 0.15) is 18.2 Å². The van der Waals surface area contributed by atoms with Crippen molar-refractivity contribution in [2.75, 3.05) is 0 Å². The summed E-state index contributed by atoms with van der Waals surface area (Å²) in [5.74, 6) is 0.562. The molecule has 0 atom stereocenters. The van der Waals surface area contributed by atoms with Crippen LogP contribution in [0, 0.1) is 6.92 Å². The highest BCUT2D eigenvalue weighted by Gasteiger charge is 2.07. The first-order valence-electron chi connectivity index (χ1n) is 5.47. The molecule has 88 valence electrons. The van der Waals surface area contributed by atoms with E-state index in [0.29, 0.717) is 17.3 Å². The summed E-state index contributed by atoms with van der Waals surface area (Å²) >= 11 is 5.91. The van der Waals surface area contributed by atoms with E-state index in [-0.39, 0.29) is 5.56 Å². The largest absolute Gasteiger partial charge is 0.306 e. The number of rotatable bonds is 2. The Balaban J connectivity index is 2.58. The van der Waals surface area contributed by atoms with E-state index >= 15 is 0 Å². The molecule has 0 saturated heterocycles. The Morgan fingerprint density at radius 1 is 1.41 bits per heavy atom. The molecule has 1 aromatic heterocycles. The van der Waals surface area contributed by atoms with Crippen molar-refractivity contribution < 1.29 is 0 Å². The van der Waals surface area contributed by atoms with Crippen LogP contribution in [0.2, 0.25) is 5.02 Å². The van der Waals surface area contributed by atoms with Gasteiger partial charge in [-0.3, -0.25) is 4.79 Å². The van der Waals surface area contributed by atoms with E-state index in [1.807, 2.05) is 26.0 Å². The number of benzene rings is 1. The second-order valence-corrected chi connectivity index (χ2v) is 4.28. The Bertz CT molecular complexity index is 605. The van der Waals surface area contributed by atoms with E-state index in [4.69, 9.17) is 11.6 Å². The molecule has 1 N–H and O–H groups in total. The zero-order chi connectivity index (χ0) is 12.4. The van der Waals surface area contributed by atoms with E-state index < -0.39 is 0 Å². The highest BCUT2D eigenvalue weighted by molar-refractivity contribution is 6.30. The summed E-state index contributed by atoms with van der Waals surface area (Å²) in [6, 6.07) is 7.28. The van der Waals surface area contributed by atoms with Gasteiger partial charge in [-0.1, -0.05) is 30.7 Å². The van der Waals surface area contributed by atoms with Gasteiger partial charge >= 0.3 is 0 Å². The van der Waals surface area contributed by atoms with Crippen LogP contribution in [0.15, 0.2) is 29.1 Å². The van der Waals surface area contributed by atoms with Gasteiger partial charge in [0.15, 0.2) is 0 Å². The summed E-state index contributed by atoms with van der Waals surface area (Å²) < 4.78 is 0. The van der Waals surface area contributed by atoms with E-state index in [0.717, 1.165) is 16.8 Å². The number of hydrogen-bond acceptors (Lipinski definition) is 2. The number of halogens is 1. The summed E-state index contributed by atoms with van der Waals surface area (Å²) in [6.07, 6.45) is 0.685. The predicted octanol–water partition coefficient (Wildman–Crippen LogP) is 2.96. The first-order chi connectivity index (χ1) is 8.11. The molecule has 2 rings (SSSR count). The molecule has 0 bridgehead atoms. The molecular formula is C13H13ClN2O. The van der Waals surface area contributed by atoms with Crippen molar-refractivity contribution in [1.82, 2.24) is 9.97 Å². The number of aryl methyl sites for hydroxylation is 1. The molecule has 0 fully saturated rings. The molecule has 0 aliphatic carbocycles. The van der Waals surface area contributed by atoms with Gasteiger partial charge in [0.25, 0.3) is 5.56 Å². The molecular weight excluding hydrogens is 236 g/mol. The number of aromatic nitrogens is 2. The predicted molar refractivity (Wildman–Crippen MR) is 69.4 cm³/mol. The lowest BCUT2D eigenvalue weighted by atomic mass is 10.1. The molecule has 0 aliphatic rings. The third kappa shape index (κ3) is 2.39. The van der Waals surface area contributed by atoms with Gasteiger partial charge in [-0.2, -0.15) is 0 Å². The maximum atomic E-state index is 11.8. The first kappa shape index (κ1) is 11.9. The second-order valence-electron chi connectivity index (χ2n) is 3.84. The van der Waals surface area contributed by atoms with Crippen LogP contribution in [0.3, 0.4) is 0 Å². The van der Waals surface area contributed by atoms with Gasteiger partial charge in [-0.25, -0.2) is 4.98 Å². The normalized spacial score (nSPS) is 10.5. The van der Waals surface area contributed by atoms with Gasteiger partial charge < -0.3 is 4.98 Å². The highest BCUT2D eigenvalue weighted by atomic mass is 35.5. The zero-order valence-electron chi connectivity index (χ0n) is 9.75. The molecule has 0 saturated carbocycles. The summed E-state index contributed by atoms with van der Waals surface area (Å²) in [5, 5.41) is 0.627. The molecule has 3 nitrogen and oxygen atoms in total. The third-order valence-electron chi connectivity index (χ3n) is 2.67. The van der Waals surface area contributed by atoms with Crippen LogP contribution in [0.4, 0.5) is 0 Å². The van der Waals surface area contributed by atoms with Gasteiger partial charge in [-0.05, 0) is 25.5 Å². The van der Waals surface area contributed by atoms with Crippen molar-refractivity contribution in [1.29, 1.82) is 0 Å². The lowest BCUT2D eigenvalue weighted by Crippen LogP contribution is -2.16. The van der Waals surface area contributed by atoms with Crippen molar-refractivity contribution in [3.05, 3.63) is 50.9 Å². The van der Waals surface area contributed by atoms with Crippen LogP contribution in [-0.2, 0) is 6.42 Å². The Kier molecular flexibility index (Phi) is 3.29. The zero-order valence-corrected chi connectivity index (χ0v) is 10.5. The standard InChI is InChI=1S/C13H13ClN2O/c1-3-11-8(2)15-12(16-13(11)17)9-5-4-6-10(14)7-9/h4-7H,3H2,1-2H3,(H,15,16,17). The van der Waals surface area contributed by atoms with Crippen molar-refractivity contribution in [2.24, 2.45) is 0 Å². The molecule has 0 spiro atoms. The Labute approximate surface area is 104 Å². The molecule has 0 aliphatic heterocycles. The smallest absolute Gasteiger partial charge is 0.254 e. The average molecular weight is 249 g/mol. The van der Waals surface area contributed by atoms with Crippen molar-refractivity contribution >= 4 is 11.6 Å². The number of H-pyrrole nitrogens is 1. The summed E-state index contributed by atoms with van der Waals surface area (Å²) in [5.41, 5.74) is 2.25. The average Bonchev–Trinajstić information content (AvgIpc) is 2.28. The van der Waals surface area contributed by atoms with Gasteiger partial charge in [-0.15, -0.1) is 0 Å². The van der Waals surface area contributed by atoms with E-state index in [1.165, 1.54) is 0 Å². The SMILES string of the molecule is CCc1c(C)nc(-c2cccc(Cl)c2)[nH]c1=O. The number of aromatic amines is 1. The van der Waals surface area contributed by atoms with Crippen molar-refractivity contribution in [3.63, 3.8) is 0 Å². The highest BCUT2D eigenvalue weighted by Crippen LogP contribution is 2.19. The maximum Gasteiger partial charge on any atom is 0.254 e. The van der Waals surface area contributed by atoms with Gasteiger partial charge in [0, 0.05) is 21.8 Å². The topological polar surface area (TPSA) is 45.8 Å². The minimum atomic E-state index is -0.0741. The quantitative estimate of drug-likeness (QED) is 0.888. The summed E-state index contributed by atoms with van der Waals surface area (Å²) in [7, 11) is 0. The third-order valence-corrected chi connectivity index (χ3v) is 2.91. The molecule has 1 aromatic carbocycles. The number of nitrogens with zero attached hydrogens (tertiary/aromatic N) is 1. The second kappa shape index (κ2) is 4.72. The Morgan fingerprint density at radius 2 is 2.18 bits per heavy atom. The number of nitrogens with one attached hydrogen (secondary N) is 1. The molecule has 17 heavy (non-hydrogen) atoms. The van der Waals surface area contributed by atoms with E-state index in [9.17, 15) is 4.79 Å². The summed E-state index contributed by atoms with van der Waals surface area (Å²) in [4.78, 5) is 19.0. The summed E-state index contributed by atoms with van der Waals surface area (Å²) in [6.45, 7) is 3.79. The van der Waals surface area contributed by atoms with Crippen molar-refractivity contribution in [3.8, 4) is 11.4 Å². The molecule has 0 amide bonds. The fraction of sp³-hybridized carbons (Fsp3) is 0.231. The molecule has 0 radical (unpaired) electrons. The maximum absolute atomic E-state index is 11.8. The van der Waals surface area contributed by atoms with Crippen LogP contribution in [-0.4, -0.2) is 9.97 Å². The van der Waals surface area contributed by atoms with Crippen LogP contribution in [0.5, 0.6) is 0 Å². The lowest BCUT2D eigenvalue weighted by Gasteiger charge is -2.05. The Hall–Kier alpha value is -1.61. The minimum Gasteiger partial charge on any atom is -0.306 e. The molecule has 2 aromatic rings. The minimum absolute atomic E-state index is 0.0741. The molecule has 1 heterocycles. The fourth-order valence-electron chi connectivity index (χ4n) is 1.80. The van der Waals surface area contributed by atoms with Crippen LogP contribution >= 0.6 is 11.6 Å². The van der Waals surface area contributed by atoms with E-state index in [1.54, 1.807) is 12.1 Å². The van der Waals surface area contributed by atoms with Crippen LogP contribution < -0.4 is 5.56 Å². The molecule has 0 unspecified atom stereocenters. The Morgan fingerprint density at radius 3 is 2.76 bits per heavy atom. The fourth-order valence-corrected chi connectivity index (χ4v) is 1.99. The monoisotopic (exact) mass is 248 g/mol. The van der Waals surface area contributed by atoms with Gasteiger partial charge in [0.2, 0.25) is 0 Å². The first-order valence-corrected chi connectivity index (χ1v) is 5.85. The number of hydrogen-bond donors (Lipinski definition) is 1. The van der Waals surface area contributed by atoms with Crippen molar-refractivity contribution in [2.45, 2.75) is 20.3 Å². The van der Waals surface area contributed by atoms with E-state index in [2.05, 4.69) is 9.97 Å². The van der Waals surface area contributed by atoms with Gasteiger partial charge in [0.05, 0.1) is 0 Å². The lowest BCUT2D eigenvalue weighted by molar-refractivity contribution is 0.968.